The molecule has 0 unspecified atom stereocenters. The van der Waals surface area contributed by atoms with Gasteiger partial charge in [-0.1, -0.05) is 12.8 Å². The fourth-order valence-electron chi connectivity index (χ4n) is 3.67. The average molecular weight is 310 g/mol. The summed E-state index contributed by atoms with van der Waals surface area (Å²) in [7, 11) is -3.51. The van der Waals surface area contributed by atoms with E-state index in [0.29, 0.717) is 18.5 Å². The molecule has 2 aliphatic rings. The van der Waals surface area contributed by atoms with Crippen molar-refractivity contribution in [3.63, 3.8) is 0 Å². The molecule has 2 fully saturated rings. The second kappa shape index (κ2) is 5.18. The second-order valence-corrected chi connectivity index (χ2v) is 8.27. The average Bonchev–Trinajstić information content (AvgIpc) is 2.90. The van der Waals surface area contributed by atoms with Crippen LogP contribution in [0.5, 0.6) is 5.75 Å². The van der Waals surface area contributed by atoms with E-state index in [1.807, 2.05) is 0 Å². The quantitative estimate of drug-likeness (QED) is 0.648. The Morgan fingerprint density at radius 3 is 2.29 bits per heavy atom. The molecule has 0 radical (unpaired) electrons. The summed E-state index contributed by atoms with van der Waals surface area (Å²) in [5, 5.41) is 9.43. The van der Waals surface area contributed by atoms with Crippen molar-refractivity contribution in [1.29, 1.82) is 0 Å². The van der Waals surface area contributed by atoms with E-state index in [1.165, 1.54) is 43.9 Å². The summed E-state index contributed by atoms with van der Waals surface area (Å²) in [6.07, 6.45) is 6.96. The number of nitrogen functional groups attached to an aromatic ring is 1. The van der Waals surface area contributed by atoms with Gasteiger partial charge in [0.05, 0.1) is 10.6 Å². The molecule has 1 saturated heterocycles. The molecular weight excluding hydrogens is 288 g/mol. The zero-order valence-corrected chi connectivity index (χ0v) is 12.9. The Kier molecular flexibility index (Phi) is 3.61. The molecule has 116 valence electrons. The molecule has 1 aliphatic heterocycles. The Labute approximate surface area is 125 Å². The maximum absolute atomic E-state index is 12.6. The van der Waals surface area contributed by atoms with Gasteiger partial charge >= 0.3 is 0 Å². The topological polar surface area (TPSA) is 83.6 Å². The largest absolute Gasteiger partial charge is 0.506 e. The van der Waals surface area contributed by atoms with Crippen molar-refractivity contribution < 1.29 is 13.5 Å². The molecular formula is C15H22N2O3S. The van der Waals surface area contributed by atoms with E-state index in [9.17, 15) is 13.5 Å². The van der Waals surface area contributed by atoms with Crippen molar-refractivity contribution in [3.8, 4) is 5.75 Å². The number of nitrogens with two attached hydrogens (primary N) is 1. The SMILES string of the molecule is Nc1cc(S(=O)(=O)N2CCC3(CCCC3)CC2)ccc1O. The predicted octanol–water partition coefficient (Wildman–Crippen LogP) is 2.32. The van der Waals surface area contributed by atoms with E-state index in [1.54, 1.807) is 4.31 Å². The van der Waals surface area contributed by atoms with Gasteiger partial charge in [0.15, 0.2) is 0 Å². The lowest BCUT2D eigenvalue weighted by Crippen LogP contribution is -2.42. The van der Waals surface area contributed by atoms with Crippen molar-refractivity contribution in [2.24, 2.45) is 5.41 Å². The zero-order chi connectivity index (χ0) is 15.1. The minimum absolute atomic E-state index is 0.0856. The molecule has 3 N–H and O–H groups in total. The van der Waals surface area contributed by atoms with Crippen LogP contribution < -0.4 is 5.73 Å². The minimum atomic E-state index is -3.51. The number of piperidine rings is 1. The van der Waals surface area contributed by atoms with Crippen molar-refractivity contribution in [3.05, 3.63) is 18.2 Å². The Bertz CT molecular complexity index is 626. The van der Waals surface area contributed by atoms with Gasteiger partial charge in [-0.2, -0.15) is 4.31 Å². The summed E-state index contributed by atoms with van der Waals surface area (Å²) in [5.74, 6) is -0.0856. The zero-order valence-electron chi connectivity index (χ0n) is 12.1. The maximum Gasteiger partial charge on any atom is 0.243 e. The van der Waals surface area contributed by atoms with Crippen LogP contribution in [0.25, 0.3) is 0 Å². The Morgan fingerprint density at radius 1 is 1.10 bits per heavy atom. The van der Waals surface area contributed by atoms with Gasteiger partial charge in [0.25, 0.3) is 0 Å². The third kappa shape index (κ3) is 2.62. The summed E-state index contributed by atoms with van der Waals surface area (Å²) >= 11 is 0. The number of hydrogen-bond acceptors (Lipinski definition) is 4. The summed E-state index contributed by atoms with van der Waals surface area (Å²) in [5.41, 5.74) is 6.09. The Morgan fingerprint density at radius 2 is 1.71 bits per heavy atom. The van der Waals surface area contributed by atoms with Crippen LogP contribution in [0.2, 0.25) is 0 Å². The van der Waals surface area contributed by atoms with Crippen LogP contribution >= 0.6 is 0 Å². The van der Waals surface area contributed by atoms with E-state index in [2.05, 4.69) is 0 Å². The van der Waals surface area contributed by atoms with Gasteiger partial charge in [-0.05, 0) is 49.3 Å². The summed E-state index contributed by atoms with van der Waals surface area (Å²) < 4.78 is 26.8. The molecule has 0 atom stereocenters. The third-order valence-electron chi connectivity index (χ3n) is 5.08. The number of rotatable bonds is 2. The first-order valence-corrected chi connectivity index (χ1v) is 8.96. The van der Waals surface area contributed by atoms with Gasteiger partial charge in [-0.25, -0.2) is 8.42 Å². The lowest BCUT2D eigenvalue weighted by Gasteiger charge is -2.38. The first-order valence-electron chi connectivity index (χ1n) is 7.52. The molecule has 0 aromatic heterocycles. The molecule has 1 saturated carbocycles. The highest BCUT2D eigenvalue weighted by molar-refractivity contribution is 7.89. The normalized spacial score (nSPS) is 22.7. The van der Waals surface area contributed by atoms with E-state index in [4.69, 9.17) is 5.73 Å². The Hall–Kier alpha value is -1.27. The van der Waals surface area contributed by atoms with Gasteiger partial charge in [0, 0.05) is 13.1 Å². The van der Waals surface area contributed by atoms with Gasteiger partial charge in [-0.3, -0.25) is 0 Å². The van der Waals surface area contributed by atoms with Crippen molar-refractivity contribution in [2.45, 2.75) is 43.4 Å². The van der Waals surface area contributed by atoms with Gasteiger partial charge in [0.2, 0.25) is 10.0 Å². The monoisotopic (exact) mass is 310 g/mol. The summed E-state index contributed by atoms with van der Waals surface area (Å²) in [4.78, 5) is 0.167. The molecule has 5 nitrogen and oxygen atoms in total. The van der Waals surface area contributed by atoms with E-state index >= 15 is 0 Å². The van der Waals surface area contributed by atoms with Gasteiger partial charge < -0.3 is 10.8 Å². The second-order valence-electron chi connectivity index (χ2n) is 6.33. The molecule has 1 heterocycles. The molecule has 0 amide bonds. The molecule has 0 bridgehead atoms. The number of sulfonamides is 1. The third-order valence-corrected chi connectivity index (χ3v) is 6.98. The highest BCUT2D eigenvalue weighted by Crippen LogP contribution is 2.46. The summed E-state index contributed by atoms with van der Waals surface area (Å²) in [6.45, 7) is 1.17. The number of phenols is 1. The van der Waals surface area contributed by atoms with Crippen LogP contribution in [0.4, 0.5) is 5.69 Å². The van der Waals surface area contributed by atoms with Crippen LogP contribution in [0.15, 0.2) is 23.1 Å². The highest BCUT2D eigenvalue weighted by Gasteiger charge is 2.40. The van der Waals surface area contributed by atoms with Crippen molar-refractivity contribution in [2.75, 3.05) is 18.8 Å². The smallest absolute Gasteiger partial charge is 0.243 e. The van der Waals surface area contributed by atoms with Crippen LogP contribution in [0.3, 0.4) is 0 Å². The summed E-state index contributed by atoms with van der Waals surface area (Å²) in [6, 6.07) is 4.09. The fourth-order valence-corrected chi connectivity index (χ4v) is 5.15. The van der Waals surface area contributed by atoms with E-state index in [-0.39, 0.29) is 16.3 Å². The van der Waals surface area contributed by atoms with Crippen molar-refractivity contribution in [1.82, 2.24) is 4.31 Å². The fraction of sp³-hybridized carbons (Fsp3) is 0.600. The number of nitrogens with zero attached hydrogens (tertiary/aromatic N) is 1. The number of aromatic hydroxyl groups is 1. The predicted molar refractivity (Wildman–Crippen MR) is 81.4 cm³/mol. The molecule has 1 aromatic carbocycles. The molecule has 3 rings (SSSR count). The molecule has 1 aliphatic carbocycles. The molecule has 6 heteroatoms. The van der Waals surface area contributed by atoms with Gasteiger partial charge in [0.1, 0.15) is 5.75 Å². The van der Waals surface area contributed by atoms with E-state index < -0.39 is 10.0 Å². The Balaban J connectivity index is 1.78. The first kappa shape index (κ1) is 14.7. The van der Waals surface area contributed by atoms with Crippen LogP contribution in [-0.2, 0) is 10.0 Å². The number of anilines is 1. The van der Waals surface area contributed by atoms with Crippen LogP contribution in [0.1, 0.15) is 38.5 Å². The first-order chi connectivity index (χ1) is 9.93. The lowest BCUT2D eigenvalue weighted by atomic mass is 9.78. The number of phenolic OH excluding ortho intramolecular Hbond substituents is 1. The van der Waals surface area contributed by atoms with Crippen LogP contribution in [-0.4, -0.2) is 30.9 Å². The highest BCUT2D eigenvalue weighted by atomic mass is 32.2. The number of benzene rings is 1. The molecule has 1 aromatic rings. The van der Waals surface area contributed by atoms with E-state index in [0.717, 1.165) is 12.8 Å². The minimum Gasteiger partial charge on any atom is -0.506 e. The standard InChI is InChI=1S/C15H22N2O3S/c16-13-11-12(3-4-14(13)18)21(19,20)17-9-7-15(8-10-17)5-1-2-6-15/h3-4,11,18H,1-2,5-10,16H2. The van der Waals surface area contributed by atoms with Crippen molar-refractivity contribution >= 4 is 15.7 Å². The maximum atomic E-state index is 12.6. The molecule has 21 heavy (non-hydrogen) atoms. The van der Waals surface area contributed by atoms with Crippen LogP contribution in [0, 0.1) is 5.41 Å². The lowest BCUT2D eigenvalue weighted by molar-refractivity contribution is 0.160. The van der Waals surface area contributed by atoms with Gasteiger partial charge in [-0.15, -0.1) is 0 Å². The number of hydrogen-bond donors (Lipinski definition) is 2. The molecule has 1 spiro atoms.